The van der Waals surface area contributed by atoms with E-state index in [1.54, 1.807) is 0 Å². The van der Waals surface area contributed by atoms with Crippen LogP contribution in [0.5, 0.6) is 0 Å². The van der Waals surface area contributed by atoms with Crippen LogP contribution in [0.4, 0.5) is 11.4 Å². The van der Waals surface area contributed by atoms with Crippen LogP contribution in [0.3, 0.4) is 0 Å². The van der Waals surface area contributed by atoms with Gasteiger partial charge in [0.1, 0.15) is 0 Å². The molecule has 212 valence electrons. The molecule has 2 nitrogen and oxygen atoms in total. The maximum atomic E-state index is 6.73. The molecule has 43 heavy (non-hydrogen) atoms. The molecule has 0 aromatic heterocycles. The summed E-state index contributed by atoms with van der Waals surface area (Å²) in [7, 11) is 0. The second-order valence-electron chi connectivity index (χ2n) is 11.4. The predicted molar refractivity (Wildman–Crippen MR) is 182 cm³/mol. The van der Waals surface area contributed by atoms with Crippen molar-refractivity contribution in [2.45, 2.75) is 32.1 Å². The first kappa shape index (κ1) is 28.1. The van der Waals surface area contributed by atoms with Gasteiger partial charge in [-0.25, -0.2) is 0 Å². The lowest BCUT2D eigenvalue weighted by molar-refractivity contribution is 1.00. The quantitative estimate of drug-likeness (QED) is 0.165. The maximum Gasteiger partial charge on any atom is 0.0353 e. The number of nitrogens with two attached hydrogens (primary N) is 2. The Labute approximate surface area is 255 Å². The summed E-state index contributed by atoms with van der Waals surface area (Å²) in [6.07, 6.45) is 4.10. The van der Waals surface area contributed by atoms with E-state index >= 15 is 0 Å². The summed E-state index contributed by atoms with van der Waals surface area (Å²) >= 11 is 0. The minimum atomic E-state index is 0.806. The van der Waals surface area contributed by atoms with Crippen LogP contribution >= 0.6 is 0 Å². The molecule has 4 N–H and O–H groups in total. The highest BCUT2D eigenvalue weighted by Crippen LogP contribution is 2.33. The van der Waals surface area contributed by atoms with Crippen molar-refractivity contribution in [3.63, 3.8) is 0 Å². The third-order valence-corrected chi connectivity index (χ3v) is 8.40. The minimum absolute atomic E-state index is 0.806. The number of anilines is 2. The molecule has 6 aromatic rings. The van der Waals surface area contributed by atoms with E-state index in [2.05, 4.69) is 146 Å². The molecule has 0 aliphatic heterocycles. The van der Waals surface area contributed by atoms with E-state index in [9.17, 15) is 0 Å². The van der Waals surface area contributed by atoms with E-state index in [0.717, 1.165) is 43.5 Å². The first-order chi connectivity index (χ1) is 21.1. The molecule has 0 aliphatic rings. The van der Waals surface area contributed by atoms with Crippen LogP contribution in [0.2, 0.25) is 0 Å². The van der Waals surface area contributed by atoms with Crippen molar-refractivity contribution < 1.29 is 0 Å². The van der Waals surface area contributed by atoms with Crippen LogP contribution < -0.4 is 11.5 Å². The molecule has 0 radical (unpaired) electrons. The Morgan fingerprint density at radius 1 is 0.279 bits per heavy atom. The van der Waals surface area contributed by atoms with Crippen LogP contribution in [-0.2, 0) is 32.1 Å². The Bertz CT molecular complexity index is 1640. The zero-order chi connectivity index (χ0) is 29.4. The molecule has 6 rings (SSSR count). The van der Waals surface area contributed by atoms with Crippen LogP contribution in [0.1, 0.15) is 55.6 Å². The van der Waals surface area contributed by atoms with E-state index < -0.39 is 0 Å². The summed E-state index contributed by atoms with van der Waals surface area (Å²) in [4.78, 5) is 0. The van der Waals surface area contributed by atoms with E-state index in [1.165, 1.54) is 55.6 Å². The number of rotatable bonds is 10. The molecule has 0 bridgehead atoms. The second kappa shape index (κ2) is 13.3. The van der Waals surface area contributed by atoms with E-state index in [-0.39, 0.29) is 0 Å². The topological polar surface area (TPSA) is 52.0 Å². The summed E-state index contributed by atoms with van der Waals surface area (Å²) in [6.45, 7) is 0. The van der Waals surface area contributed by atoms with Crippen LogP contribution in [-0.4, -0.2) is 0 Å². The van der Waals surface area contributed by atoms with Crippen molar-refractivity contribution in [3.8, 4) is 0 Å². The fourth-order valence-corrected chi connectivity index (χ4v) is 6.11. The lowest BCUT2D eigenvalue weighted by Gasteiger charge is -2.21. The van der Waals surface area contributed by atoms with E-state index in [0.29, 0.717) is 0 Å². The minimum Gasteiger partial charge on any atom is -0.398 e. The summed E-state index contributed by atoms with van der Waals surface area (Å²) in [5.41, 5.74) is 28.0. The molecule has 2 heteroatoms. The monoisotopic (exact) mass is 558 g/mol. The Hall–Kier alpha value is -5.08. The Morgan fingerprint density at radius 3 is 0.860 bits per heavy atom. The lowest BCUT2D eigenvalue weighted by atomic mass is 9.84. The van der Waals surface area contributed by atoms with Gasteiger partial charge in [0.15, 0.2) is 0 Å². The number of benzene rings is 6. The Balaban J connectivity index is 1.46. The van der Waals surface area contributed by atoms with Gasteiger partial charge < -0.3 is 11.5 Å². The zero-order valence-electron chi connectivity index (χ0n) is 24.5. The highest BCUT2D eigenvalue weighted by molar-refractivity contribution is 5.61. The summed E-state index contributed by atoms with van der Waals surface area (Å²) in [6, 6.07) is 51.4. The number of hydrogen-bond donors (Lipinski definition) is 2. The molecule has 0 amide bonds. The second-order valence-corrected chi connectivity index (χ2v) is 11.4. The average molecular weight is 559 g/mol. The van der Waals surface area contributed by atoms with Crippen molar-refractivity contribution in [2.24, 2.45) is 0 Å². The van der Waals surface area contributed by atoms with Crippen LogP contribution in [0.15, 0.2) is 146 Å². The fraction of sp³-hybridized carbons (Fsp3) is 0.122. The molecule has 0 fully saturated rings. The number of nitrogen functional groups attached to an aromatic ring is 2. The standard InChI is InChI=1S/C41H38N2/c42-40-23-21-34(36(25-30-13-5-1-6-14-30)38(40)27-32-17-9-3-10-18-32)29-35-22-24-41(43)39(28-33-19-11-4-12-20-33)37(35)26-31-15-7-2-8-16-31/h1-24H,25-29,42-43H2. The highest BCUT2D eigenvalue weighted by Gasteiger charge is 2.18. The predicted octanol–water partition coefficient (Wildman–Crippen LogP) is 8.81. The van der Waals surface area contributed by atoms with Gasteiger partial charge in [-0.1, -0.05) is 133 Å². The summed E-state index contributed by atoms with van der Waals surface area (Å²) in [5.74, 6) is 0. The third kappa shape index (κ3) is 6.88. The molecule has 0 unspecified atom stereocenters. The average Bonchev–Trinajstić information content (AvgIpc) is 3.05. The van der Waals surface area contributed by atoms with Gasteiger partial charge in [0, 0.05) is 11.4 Å². The first-order valence-electron chi connectivity index (χ1n) is 15.1. The molecule has 0 spiro atoms. The summed E-state index contributed by atoms with van der Waals surface area (Å²) < 4.78 is 0. The van der Waals surface area contributed by atoms with Crippen LogP contribution in [0.25, 0.3) is 0 Å². The third-order valence-electron chi connectivity index (χ3n) is 8.40. The van der Waals surface area contributed by atoms with Gasteiger partial charge in [0.05, 0.1) is 0 Å². The normalized spacial score (nSPS) is 11.0. The molecular weight excluding hydrogens is 520 g/mol. The number of hydrogen-bond acceptors (Lipinski definition) is 2. The van der Waals surface area contributed by atoms with Gasteiger partial charge in [-0.15, -0.1) is 0 Å². The van der Waals surface area contributed by atoms with Gasteiger partial charge in [-0.05, 0) is 99.9 Å². The SMILES string of the molecule is Nc1ccc(Cc2ccc(N)c(Cc3ccccc3)c2Cc2ccccc2)c(Cc2ccccc2)c1Cc1ccccc1. The molecule has 0 aliphatic carbocycles. The van der Waals surface area contributed by atoms with Gasteiger partial charge in [-0.2, -0.15) is 0 Å². The maximum absolute atomic E-state index is 6.73. The molecular formula is C41H38N2. The van der Waals surface area contributed by atoms with Gasteiger partial charge in [-0.3, -0.25) is 0 Å². The Kier molecular flexibility index (Phi) is 8.66. The molecule has 0 saturated heterocycles. The molecule has 0 atom stereocenters. The largest absolute Gasteiger partial charge is 0.398 e. The van der Waals surface area contributed by atoms with E-state index in [1.807, 2.05) is 0 Å². The zero-order valence-corrected chi connectivity index (χ0v) is 24.5. The van der Waals surface area contributed by atoms with Crippen molar-refractivity contribution in [3.05, 3.63) is 201 Å². The first-order valence-corrected chi connectivity index (χ1v) is 15.1. The van der Waals surface area contributed by atoms with Crippen molar-refractivity contribution in [2.75, 3.05) is 11.5 Å². The van der Waals surface area contributed by atoms with Crippen molar-refractivity contribution in [1.29, 1.82) is 0 Å². The van der Waals surface area contributed by atoms with Gasteiger partial charge in [0.25, 0.3) is 0 Å². The van der Waals surface area contributed by atoms with Crippen LogP contribution in [0, 0.1) is 0 Å². The molecule has 0 heterocycles. The molecule has 6 aromatic carbocycles. The van der Waals surface area contributed by atoms with Crippen molar-refractivity contribution >= 4 is 11.4 Å². The smallest absolute Gasteiger partial charge is 0.0353 e. The molecule has 0 saturated carbocycles. The van der Waals surface area contributed by atoms with E-state index in [4.69, 9.17) is 11.5 Å². The highest BCUT2D eigenvalue weighted by atomic mass is 14.6. The fourth-order valence-electron chi connectivity index (χ4n) is 6.11. The van der Waals surface area contributed by atoms with Crippen molar-refractivity contribution in [1.82, 2.24) is 0 Å². The summed E-state index contributed by atoms with van der Waals surface area (Å²) in [5, 5.41) is 0. The van der Waals surface area contributed by atoms with Gasteiger partial charge in [0.2, 0.25) is 0 Å². The Morgan fingerprint density at radius 2 is 0.558 bits per heavy atom. The van der Waals surface area contributed by atoms with Gasteiger partial charge >= 0.3 is 0 Å². The lowest BCUT2D eigenvalue weighted by Crippen LogP contribution is -2.10.